The Morgan fingerprint density at radius 2 is 1.50 bits per heavy atom. The number of pyridine rings is 1. The van der Waals surface area contributed by atoms with Crippen molar-refractivity contribution in [2.75, 3.05) is 0 Å². The molecular weight excluding hydrogens is 316 g/mol. The fourth-order valence-corrected chi connectivity index (χ4v) is 3.34. The zero-order chi connectivity index (χ0) is 17.8. The minimum absolute atomic E-state index is 0.0565. The molecule has 0 bridgehead atoms. The van der Waals surface area contributed by atoms with Crippen molar-refractivity contribution in [3.05, 3.63) is 113 Å². The van der Waals surface area contributed by atoms with Gasteiger partial charge in [-0.1, -0.05) is 78.9 Å². The van der Waals surface area contributed by atoms with Crippen LogP contribution in [0.15, 0.2) is 91.0 Å². The average molecular weight is 338 g/mol. The lowest BCUT2D eigenvalue weighted by molar-refractivity contribution is 0.591. The van der Waals surface area contributed by atoms with Gasteiger partial charge in [-0.3, -0.25) is 4.98 Å². The molecule has 1 heterocycles. The van der Waals surface area contributed by atoms with E-state index in [1.165, 1.54) is 22.1 Å². The average Bonchev–Trinajstić information content (AvgIpc) is 2.70. The molecule has 2 heteroatoms. The third kappa shape index (κ3) is 3.51. The van der Waals surface area contributed by atoms with Crippen molar-refractivity contribution >= 4 is 10.9 Å². The molecule has 0 aliphatic rings. The van der Waals surface area contributed by atoms with Gasteiger partial charge in [0.05, 0.1) is 17.3 Å². The second kappa shape index (κ2) is 7.51. The van der Waals surface area contributed by atoms with E-state index in [0.29, 0.717) is 0 Å². The Morgan fingerprint density at radius 3 is 2.35 bits per heavy atom. The largest absolute Gasteiger partial charge is 0.301 e. The van der Waals surface area contributed by atoms with Crippen LogP contribution in [0, 0.1) is 6.92 Å². The van der Waals surface area contributed by atoms with Gasteiger partial charge < -0.3 is 5.32 Å². The first-order chi connectivity index (χ1) is 12.8. The molecule has 1 atom stereocenters. The quantitative estimate of drug-likeness (QED) is 0.525. The van der Waals surface area contributed by atoms with Crippen LogP contribution in [0.25, 0.3) is 10.9 Å². The van der Waals surface area contributed by atoms with E-state index in [-0.39, 0.29) is 6.04 Å². The number of aryl methyl sites for hydroxylation is 1. The molecule has 2 nitrogen and oxygen atoms in total. The highest BCUT2D eigenvalue weighted by atomic mass is 14.9. The van der Waals surface area contributed by atoms with E-state index in [4.69, 9.17) is 4.98 Å². The van der Waals surface area contributed by atoms with E-state index >= 15 is 0 Å². The summed E-state index contributed by atoms with van der Waals surface area (Å²) >= 11 is 0. The van der Waals surface area contributed by atoms with Crippen LogP contribution in [0.5, 0.6) is 0 Å². The van der Waals surface area contributed by atoms with Crippen molar-refractivity contribution in [1.82, 2.24) is 10.3 Å². The Hall–Kier alpha value is -2.97. The number of benzene rings is 3. The van der Waals surface area contributed by atoms with Gasteiger partial charge in [-0.25, -0.2) is 0 Å². The summed E-state index contributed by atoms with van der Waals surface area (Å²) in [6.07, 6.45) is 0. The first-order valence-electron chi connectivity index (χ1n) is 9.00. The number of fused-ring (bicyclic) bond motifs is 1. The van der Waals surface area contributed by atoms with Crippen molar-refractivity contribution in [3.8, 4) is 0 Å². The number of rotatable bonds is 5. The highest BCUT2D eigenvalue weighted by molar-refractivity contribution is 5.78. The molecule has 4 rings (SSSR count). The Balaban J connectivity index is 1.72. The lowest BCUT2D eigenvalue weighted by Gasteiger charge is -2.21. The summed E-state index contributed by atoms with van der Waals surface area (Å²) in [5, 5.41) is 4.88. The van der Waals surface area contributed by atoms with Gasteiger partial charge in [-0.2, -0.15) is 0 Å². The number of hydrogen-bond donors (Lipinski definition) is 1. The SMILES string of the molecule is Cc1ccccc1[C@H](NCc1ccccc1)c1ccc2ccccc2n1. The molecule has 1 aromatic heterocycles. The third-order valence-corrected chi connectivity index (χ3v) is 4.77. The molecule has 0 saturated heterocycles. The summed E-state index contributed by atoms with van der Waals surface area (Å²) in [6, 6.07) is 31.7. The lowest BCUT2D eigenvalue weighted by Crippen LogP contribution is -2.23. The summed E-state index contributed by atoms with van der Waals surface area (Å²) in [4.78, 5) is 4.94. The minimum Gasteiger partial charge on any atom is -0.301 e. The van der Waals surface area contributed by atoms with Gasteiger partial charge in [0.25, 0.3) is 0 Å². The van der Waals surface area contributed by atoms with Gasteiger partial charge in [0.2, 0.25) is 0 Å². The van der Waals surface area contributed by atoms with E-state index in [2.05, 4.69) is 91.1 Å². The maximum absolute atomic E-state index is 4.94. The van der Waals surface area contributed by atoms with Crippen molar-refractivity contribution < 1.29 is 0 Å². The van der Waals surface area contributed by atoms with Crippen molar-refractivity contribution in [3.63, 3.8) is 0 Å². The predicted molar refractivity (Wildman–Crippen MR) is 108 cm³/mol. The summed E-state index contributed by atoms with van der Waals surface area (Å²) in [5.41, 5.74) is 5.89. The number of nitrogens with zero attached hydrogens (tertiary/aromatic N) is 1. The van der Waals surface area contributed by atoms with Gasteiger partial charge in [0.1, 0.15) is 0 Å². The van der Waals surface area contributed by atoms with Crippen LogP contribution >= 0.6 is 0 Å². The maximum Gasteiger partial charge on any atom is 0.0756 e. The standard InChI is InChI=1S/C24H22N2/c1-18-9-5-7-13-21(18)24(25-17-19-10-3-2-4-11-19)23-16-15-20-12-6-8-14-22(20)26-23/h2-16,24-25H,17H2,1H3/t24-/m0/s1. The zero-order valence-electron chi connectivity index (χ0n) is 14.9. The fourth-order valence-electron chi connectivity index (χ4n) is 3.34. The first kappa shape index (κ1) is 16.5. The highest BCUT2D eigenvalue weighted by Gasteiger charge is 2.17. The van der Waals surface area contributed by atoms with Crippen molar-refractivity contribution in [2.24, 2.45) is 0 Å². The summed E-state index contributed by atoms with van der Waals surface area (Å²) in [7, 11) is 0. The second-order valence-corrected chi connectivity index (χ2v) is 6.58. The molecule has 1 N–H and O–H groups in total. The Kier molecular flexibility index (Phi) is 4.76. The first-order valence-corrected chi connectivity index (χ1v) is 9.00. The van der Waals surface area contributed by atoms with Crippen LogP contribution in [0.2, 0.25) is 0 Å². The summed E-state index contributed by atoms with van der Waals surface area (Å²) < 4.78 is 0. The molecular formula is C24H22N2. The molecule has 26 heavy (non-hydrogen) atoms. The molecule has 4 aromatic rings. The van der Waals surface area contributed by atoms with Crippen LogP contribution in [0.4, 0.5) is 0 Å². The van der Waals surface area contributed by atoms with E-state index in [1.54, 1.807) is 0 Å². The molecule has 0 aliphatic carbocycles. The van der Waals surface area contributed by atoms with Crippen molar-refractivity contribution in [2.45, 2.75) is 19.5 Å². The Morgan fingerprint density at radius 1 is 0.769 bits per heavy atom. The van der Waals surface area contributed by atoms with E-state index in [1.807, 2.05) is 12.1 Å². The molecule has 0 spiro atoms. The maximum atomic E-state index is 4.94. The van der Waals surface area contributed by atoms with Gasteiger partial charge in [0.15, 0.2) is 0 Å². The molecule has 0 radical (unpaired) electrons. The Bertz CT molecular complexity index is 1010. The van der Waals surface area contributed by atoms with Crippen LogP contribution in [-0.4, -0.2) is 4.98 Å². The summed E-state index contributed by atoms with van der Waals surface area (Å²) in [5.74, 6) is 0. The highest BCUT2D eigenvalue weighted by Crippen LogP contribution is 2.26. The number of nitrogens with one attached hydrogen (secondary N) is 1. The van der Waals surface area contributed by atoms with Crippen LogP contribution in [-0.2, 0) is 6.54 Å². The monoisotopic (exact) mass is 338 g/mol. The fraction of sp³-hybridized carbons (Fsp3) is 0.125. The van der Waals surface area contributed by atoms with E-state index in [9.17, 15) is 0 Å². The van der Waals surface area contributed by atoms with Crippen LogP contribution in [0.3, 0.4) is 0 Å². The molecule has 0 fully saturated rings. The Labute approximate surface area is 154 Å². The van der Waals surface area contributed by atoms with Crippen molar-refractivity contribution in [1.29, 1.82) is 0 Å². The third-order valence-electron chi connectivity index (χ3n) is 4.77. The molecule has 0 aliphatic heterocycles. The van der Waals surface area contributed by atoms with Gasteiger partial charge in [-0.15, -0.1) is 0 Å². The predicted octanol–water partition coefficient (Wildman–Crippen LogP) is 5.42. The topological polar surface area (TPSA) is 24.9 Å². The van der Waals surface area contributed by atoms with Gasteiger partial charge >= 0.3 is 0 Å². The normalized spacial score (nSPS) is 12.2. The minimum atomic E-state index is 0.0565. The number of para-hydroxylation sites is 1. The number of aromatic nitrogens is 1. The van der Waals surface area contributed by atoms with E-state index in [0.717, 1.165) is 17.8 Å². The van der Waals surface area contributed by atoms with Crippen LogP contribution in [0.1, 0.15) is 28.4 Å². The molecule has 0 unspecified atom stereocenters. The molecule has 128 valence electrons. The lowest BCUT2D eigenvalue weighted by atomic mass is 9.97. The molecule has 0 amide bonds. The smallest absolute Gasteiger partial charge is 0.0756 e. The van der Waals surface area contributed by atoms with Gasteiger partial charge in [-0.05, 0) is 35.7 Å². The molecule has 0 saturated carbocycles. The number of hydrogen-bond acceptors (Lipinski definition) is 2. The van der Waals surface area contributed by atoms with Crippen LogP contribution < -0.4 is 5.32 Å². The van der Waals surface area contributed by atoms with Gasteiger partial charge in [0, 0.05) is 11.9 Å². The zero-order valence-corrected chi connectivity index (χ0v) is 14.9. The molecule has 3 aromatic carbocycles. The van der Waals surface area contributed by atoms with E-state index < -0.39 is 0 Å². The second-order valence-electron chi connectivity index (χ2n) is 6.58. The summed E-state index contributed by atoms with van der Waals surface area (Å²) in [6.45, 7) is 2.96.